The zero-order valence-corrected chi connectivity index (χ0v) is 25.0. The van der Waals surface area contributed by atoms with E-state index in [0.717, 1.165) is 0 Å². The summed E-state index contributed by atoms with van der Waals surface area (Å²) in [5, 5.41) is 2.43. The Balaban J connectivity index is 3.38. The largest absolute Gasteiger partial charge is 0.475 e. The summed E-state index contributed by atoms with van der Waals surface area (Å²) in [6, 6.07) is 7.44. The Kier molecular flexibility index (Phi) is 14.7. The van der Waals surface area contributed by atoms with Gasteiger partial charge in [-0.1, -0.05) is 30.3 Å². The van der Waals surface area contributed by atoms with Crippen LogP contribution in [-0.4, -0.2) is 56.0 Å². The van der Waals surface area contributed by atoms with Crippen molar-refractivity contribution in [2.24, 2.45) is 0 Å². The van der Waals surface area contributed by atoms with Crippen LogP contribution < -0.4 is 5.32 Å². The van der Waals surface area contributed by atoms with Gasteiger partial charge in [-0.3, -0.25) is 18.1 Å². The van der Waals surface area contributed by atoms with E-state index in [2.05, 4.69) is 5.32 Å². The van der Waals surface area contributed by atoms with Crippen molar-refractivity contribution >= 4 is 27.5 Å². The molecule has 0 aliphatic carbocycles. The van der Waals surface area contributed by atoms with Crippen LogP contribution in [0.2, 0.25) is 0 Å². The molecule has 1 rings (SSSR count). The first-order chi connectivity index (χ1) is 17.8. The molecule has 1 amide bonds. The minimum absolute atomic E-state index is 0.0454. The van der Waals surface area contributed by atoms with Gasteiger partial charge in [-0.2, -0.15) is 0 Å². The molecule has 1 aromatic carbocycles. The van der Waals surface area contributed by atoms with E-state index < -0.39 is 51.4 Å². The van der Waals surface area contributed by atoms with Crippen LogP contribution in [0, 0.1) is 0 Å². The number of ether oxygens (including phenoxy) is 2. The van der Waals surface area contributed by atoms with E-state index in [-0.39, 0.29) is 33.0 Å². The van der Waals surface area contributed by atoms with Crippen LogP contribution in [0.5, 0.6) is 0 Å². The highest BCUT2D eigenvalue weighted by atomic mass is 31.2. The molecule has 0 radical (unpaired) electrons. The summed E-state index contributed by atoms with van der Waals surface area (Å²) in [6.45, 7) is 11.0. The number of hydrogen-bond donors (Lipinski definition) is 1. The lowest BCUT2D eigenvalue weighted by Gasteiger charge is -2.31. The summed E-state index contributed by atoms with van der Waals surface area (Å²) in [5.74, 6) is -2.52. The van der Waals surface area contributed by atoms with Crippen LogP contribution in [0.1, 0.15) is 60.5 Å². The molecule has 14 heteroatoms. The molecule has 1 unspecified atom stereocenters. The van der Waals surface area contributed by atoms with Crippen LogP contribution in [0.25, 0.3) is 0 Å². The van der Waals surface area contributed by atoms with E-state index in [9.17, 15) is 18.7 Å². The van der Waals surface area contributed by atoms with E-state index in [1.807, 2.05) is 6.07 Å². The number of benzene rings is 1. The predicted octanol–water partition coefficient (Wildman–Crippen LogP) is 5.80. The van der Waals surface area contributed by atoms with Gasteiger partial charge >= 0.3 is 27.5 Å². The third kappa shape index (κ3) is 12.4. The first-order valence-electron chi connectivity index (χ1n) is 12.5. The second kappa shape index (κ2) is 16.4. The molecule has 1 N–H and O–H groups in total. The average Bonchev–Trinajstić information content (AvgIpc) is 2.81. The van der Waals surface area contributed by atoms with E-state index in [1.165, 1.54) is 0 Å². The van der Waals surface area contributed by atoms with Crippen molar-refractivity contribution < 1.29 is 50.8 Å². The van der Waals surface area contributed by atoms with E-state index in [4.69, 9.17) is 32.1 Å². The Morgan fingerprint density at radius 2 is 1.39 bits per heavy atom. The minimum Gasteiger partial charge on any atom is -0.459 e. The number of phosphoric ester groups is 1. The molecule has 218 valence electrons. The zero-order valence-electron chi connectivity index (χ0n) is 23.2. The monoisotopic (exact) mass is 581 g/mol. The lowest BCUT2D eigenvalue weighted by atomic mass is 10.2. The van der Waals surface area contributed by atoms with E-state index in [1.54, 1.807) is 72.7 Å². The molecule has 0 aromatic heterocycles. The Labute approximate surface area is 225 Å². The maximum absolute atomic E-state index is 13.8. The predicted molar refractivity (Wildman–Crippen MR) is 141 cm³/mol. The molecule has 0 saturated carbocycles. The number of rotatable bonds is 17. The molecule has 0 bridgehead atoms. The van der Waals surface area contributed by atoms with Crippen LogP contribution in [0.3, 0.4) is 0 Å². The summed E-state index contributed by atoms with van der Waals surface area (Å²) in [5.41, 5.74) is -0.166. The number of carbonyl (C=O) groups excluding carboxylic acids is 2. The summed E-state index contributed by atoms with van der Waals surface area (Å²) >= 11 is 0. The summed E-state index contributed by atoms with van der Waals surface area (Å²) < 4.78 is 64.5. The molecule has 38 heavy (non-hydrogen) atoms. The Hall–Kier alpha value is -1.78. The van der Waals surface area contributed by atoms with Crippen molar-refractivity contribution in [3.05, 3.63) is 35.9 Å². The molecule has 2 atom stereocenters. The molecule has 0 aliphatic heterocycles. The first-order valence-corrected chi connectivity index (χ1v) is 15.5. The second-order valence-electron chi connectivity index (χ2n) is 8.75. The smallest absolute Gasteiger partial charge is 0.459 e. The zero-order chi connectivity index (χ0) is 28.8. The average molecular weight is 582 g/mol. The number of phosphoric acid groups is 1. The van der Waals surface area contributed by atoms with Crippen LogP contribution in [0.15, 0.2) is 30.3 Å². The lowest BCUT2D eigenvalue weighted by molar-refractivity contribution is -0.148. The molecule has 0 heterocycles. The highest BCUT2D eigenvalue weighted by Crippen LogP contribution is 2.62. The van der Waals surface area contributed by atoms with Gasteiger partial charge in [-0.15, -0.1) is 0 Å². The lowest BCUT2D eigenvalue weighted by Crippen LogP contribution is -2.46. The van der Waals surface area contributed by atoms with Gasteiger partial charge in [0, 0.05) is 6.42 Å². The fourth-order valence-electron chi connectivity index (χ4n) is 3.05. The van der Waals surface area contributed by atoms with Gasteiger partial charge < -0.3 is 23.8 Å². The minimum atomic E-state index is -4.26. The normalized spacial score (nSPS) is 14.0. The molecule has 0 spiro atoms. The summed E-state index contributed by atoms with van der Waals surface area (Å²) in [7, 11) is -8.45. The fraction of sp³-hybridized carbons (Fsp3) is 0.667. The molecule has 0 aliphatic rings. The fourth-order valence-corrected chi connectivity index (χ4v) is 6.67. The van der Waals surface area contributed by atoms with Crippen LogP contribution in [0.4, 0.5) is 4.79 Å². The van der Waals surface area contributed by atoms with E-state index in [0.29, 0.717) is 5.56 Å². The Bertz CT molecular complexity index is 932. The van der Waals surface area contributed by atoms with Gasteiger partial charge in [0.2, 0.25) is 0 Å². The van der Waals surface area contributed by atoms with Crippen molar-refractivity contribution in [1.29, 1.82) is 0 Å². The maximum Gasteiger partial charge on any atom is 0.475 e. The van der Waals surface area contributed by atoms with Crippen molar-refractivity contribution in [3.8, 4) is 0 Å². The van der Waals surface area contributed by atoms with Gasteiger partial charge in [-0.25, -0.2) is 14.2 Å². The highest BCUT2D eigenvalue weighted by molar-refractivity contribution is 7.56. The second-order valence-corrected chi connectivity index (χ2v) is 12.5. The van der Waals surface area contributed by atoms with Gasteiger partial charge in [0.05, 0.1) is 26.4 Å². The van der Waals surface area contributed by atoms with Gasteiger partial charge in [0.15, 0.2) is 5.85 Å². The van der Waals surface area contributed by atoms with Crippen molar-refractivity contribution in [2.75, 3.05) is 26.4 Å². The van der Waals surface area contributed by atoms with E-state index >= 15 is 0 Å². The highest BCUT2D eigenvalue weighted by Gasteiger charge is 2.46. The molecular formula is C24H41NO11P2. The standard InChI is InChI=1S/C24H41NO11P2/c1-8-31-37(28,32-9-2)21(36-38(29,33-10-3)34-11-4)17-20(25-23(27)35-24(5,6)7)22(26)30-18-19-15-13-12-14-16-19/h12-16,20-21H,8-11,17-18H2,1-7H3,(H,25,27)/t20-,21?/m0/s1. The van der Waals surface area contributed by atoms with Crippen LogP contribution in [-0.2, 0) is 52.6 Å². The number of carbonyl (C=O) groups is 2. The van der Waals surface area contributed by atoms with Crippen molar-refractivity contribution in [1.82, 2.24) is 5.32 Å². The van der Waals surface area contributed by atoms with Crippen molar-refractivity contribution in [2.45, 2.75) is 79.0 Å². The third-order valence-corrected chi connectivity index (χ3v) is 8.52. The number of alkyl carbamates (subject to hydrolysis) is 1. The third-order valence-electron chi connectivity index (χ3n) is 4.43. The maximum atomic E-state index is 13.8. The quantitative estimate of drug-likeness (QED) is 0.176. The number of nitrogens with one attached hydrogen (secondary N) is 1. The molecule has 0 fully saturated rings. The first kappa shape index (κ1) is 34.2. The molecule has 1 aromatic rings. The number of esters is 1. The summed E-state index contributed by atoms with van der Waals surface area (Å²) in [4.78, 5) is 25.8. The van der Waals surface area contributed by atoms with Crippen molar-refractivity contribution in [3.63, 3.8) is 0 Å². The Morgan fingerprint density at radius 1 is 0.868 bits per heavy atom. The van der Waals surface area contributed by atoms with Gasteiger partial charge in [-0.05, 0) is 54.0 Å². The van der Waals surface area contributed by atoms with Gasteiger partial charge in [0.25, 0.3) is 0 Å². The molecular weight excluding hydrogens is 540 g/mol. The summed E-state index contributed by atoms with van der Waals surface area (Å²) in [6.07, 6.45) is -1.45. The van der Waals surface area contributed by atoms with Gasteiger partial charge in [0.1, 0.15) is 18.2 Å². The van der Waals surface area contributed by atoms with Crippen LogP contribution >= 0.6 is 15.4 Å². The number of amides is 1. The molecule has 0 saturated heterocycles. The number of hydrogen-bond acceptors (Lipinski definition) is 11. The topological polar surface area (TPSA) is 145 Å². The SMILES string of the molecule is CCOP(=O)(OCC)OC(C[C@H](NC(=O)OC(C)(C)C)C(=O)OCc1ccccc1)P(=O)(OCC)OCC. The Morgan fingerprint density at radius 3 is 1.87 bits per heavy atom. The molecule has 12 nitrogen and oxygen atoms in total.